The highest BCUT2D eigenvalue weighted by atomic mass is 19.1. The van der Waals surface area contributed by atoms with Crippen LogP contribution in [0.5, 0.6) is 5.75 Å². The number of halogens is 1. The van der Waals surface area contributed by atoms with E-state index in [1.807, 2.05) is 0 Å². The van der Waals surface area contributed by atoms with Crippen molar-refractivity contribution in [3.8, 4) is 5.75 Å². The topological polar surface area (TPSA) is 55.8 Å². The molecule has 1 rings (SSSR count). The molecule has 0 amide bonds. The Kier molecular flexibility index (Phi) is 4.90. The van der Waals surface area contributed by atoms with Crippen molar-refractivity contribution in [2.24, 2.45) is 0 Å². The monoisotopic (exact) mass is 242 g/mol. The summed E-state index contributed by atoms with van der Waals surface area (Å²) in [4.78, 5) is 10.9. The van der Waals surface area contributed by atoms with Crippen LogP contribution in [0.2, 0.25) is 0 Å². The van der Waals surface area contributed by atoms with Gasteiger partial charge in [0, 0.05) is 20.1 Å². The average Bonchev–Trinajstić information content (AvgIpc) is 2.25. The fourth-order valence-electron chi connectivity index (χ4n) is 1.37. The Morgan fingerprint density at radius 1 is 1.53 bits per heavy atom. The van der Waals surface area contributed by atoms with Crippen LogP contribution in [0, 0.1) is 5.82 Å². The Morgan fingerprint density at radius 2 is 2.24 bits per heavy atom. The lowest BCUT2D eigenvalue weighted by Gasteiger charge is -2.16. The van der Waals surface area contributed by atoms with E-state index in [4.69, 9.17) is 14.6 Å². The van der Waals surface area contributed by atoms with Gasteiger partial charge in [0.1, 0.15) is 17.1 Å². The minimum Gasteiger partial charge on any atom is -0.490 e. The number of ether oxygens (including phenoxy) is 2. The van der Waals surface area contributed by atoms with Crippen LogP contribution in [0.1, 0.15) is 23.7 Å². The molecule has 4 nitrogen and oxygen atoms in total. The van der Waals surface area contributed by atoms with Gasteiger partial charge < -0.3 is 14.6 Å². The number of rotatable bonds is 6. The molecular weight excluding hydrogens is 227 g/mol. The second kappa shape index (κ2) is 6.20. The number of hydrogen-bond acceptors (Lipinski definition) is 3. The molecule has 0 aliphatic carbocycles. The van der Waals surface area contributed by atoms with Crippen LogP contribution in [-0.2, 0) is 4.74 Å². The standard InChI is InChI=1S/C12H15FO4/c1-8(6-7-16-2)17-10-5-3-4-9(13)11(10)12(14)15/h3-5,8H,6-7H2,1-2H3,(H,14,15). The summed E-state index contributed by atoms with van der Waals surface area (Å²) in [5.74, 6) is -2.09. The van der Waals surface area contributed by atoms with Crippen LogP contribution in [0.15, 0.2) is 18.2 Å². The third-order valence-corrected chi connectivity index (χ3v) is 2.25. The average molecular weight is 242 g/mol. The molecule has 0 bridgehead atoms. The van der Waals surface area contributed by atoms with Gasteiger partial charge in [-0.1, -0.05) is 6.07 Å². The molecule has 1 aromatic carbocycles. The number of hydrogen-bond donors (Lipinski definition) is 1. The number of carboxylic acids is 1. The number of carbonyl (C=O) groups is 1. The smallest absolute Gasteiger partial charge is 0.342 e. The first-order chi connectivity index (χ1) is 8.06. The van der Waals surface area contributed by atoms with Gasteiger partial charge in [-0.2, -0.15) is 0 Å². The van der Waals surface area contributed by atoms with Crippen LogP contribution in [0.4, 0.5) is 4.39 Å². The highest BCUT2D eigenvalue weighted by Crippen LogP contribution is 2.23. The van der Waals surface area contributed by atoms with Gasteiger partial charge >= 0.3 is 5.97 Å². The van der Waals surface area contributed by atoms with Crippen LogP contribution in [-0.4, -0.2) is 30.9 Å². The first-order valence-corrected chi connectivity index (χ1v) is 5.23. The van der Waals surface area contributed by atoms with E-state index in [-0.39, 0.29) is 11.9 Å². The van der Waals surface area contributed by atoms with Crippen molar-refractivity contribution in [3.05, 3.63) is 29.6 Å². The van der Waals surface area contributed by atoms with Crippen molar-refractivity contribution in [2.45, 2.75) is 19.4 Å². The predicted molar refractivity (Wildman–Crippen MR) is 59.9 cm³/mol. The summed E-state index contributed by atoms with van der Waals surface area (Å²) in [6.45, 7) is 2.27. The van der Waals surface area contributed by atoms with E-state index < -0.39 is 17.3 Å². The SMILES string of the molecule is COCCC(C)Oc1cccc(F)c1C(=O)O. The van der Waals surface area contributed by atoms with Crippen molar-refractivity contribution in [1.29, 1.82) is 0 Å². The molecule has 0 aliphatic heterocycles. The van der Waals surface area contributed by atoms with Gasteiger partial charge in [-0.15, -0.1) is 0 Å². The minimum absolute atomic E-state index is 0.0427. The Hall–Kier alpha value is -1.62. The van der Waals surface area contributed by atoms with Gasteiger partial charge in [0.15, 0.2) is 0 Å². The summed E-state index contributed by atoms with van der Waals surface area (Å²) in [5, 5.41) is 8.89. The summed E-state index contributed by atoms with van der Waals surface area (Å²) >= 11 is 0. The number of methoxy groups -OCH3 is 1. The Labute approximate surface area is 99.0 Å². The van der Waals surface area contributed by atoms with Gasteiger partial charge in [0.25, 0.3) is 0 Å². The molecule has 1 atom stereocenters. The second-order valence-corrected chi connectivity index (χ2v) is 3.63. The third kappa shape index (κ3) is 3.71. The molecule has 94 valence electrons. The van der Waals surface area contributed by atoms with Crippen LogP contribution in [0.25, 0.3) is 0 Å². The minimum atomic E-state index is -1.34. The van der Waals surface area contributed by atoms with Crippen molar-refractivity contribution >= 4 is 5.97 Å². The molecule has 1 aromatic rings. The number of carboxylic acid groups (broad SMARTS) is 1. The first-order valence-electron chi connectivity index (χ1n) is 5.23. The zero-order chi connectivity index (χ0) is 12.8. The van der Waals surface area contributed by atoms with Crippen molar-refractivity contribution in [3.63, 3.8) is 0 Å². The molecule has 0 radical (unpaired) electrons. The van der Waals surface area contributed by atoms with E-state index in [1.54, 1.807) is 14.0 Å². The fraction of sp³-hybridized carbons (Fsp3) is 0.417. The van der Waals surface area contributed by atoms with Gasteiger partial charge in [-0.3, -0.25) is 0 Å². The van der Waals surface area contributed by atoms with Crippen molar-refractivity contribution in [1.82, 2.24) is 0 Å². The summed E-state index contributed by atoms with van der Waals surface area (Å²) in [6.07, 6.45) is 0.362. The molecule has 0 heterocycles. The van der Waals surface area contributed by atoms with Crippen molar-refractivity contribution in [2.75, 3.05) is 13.7 Å². The largest absolute Gasteiger partial charge is 0.490 e. The van der Waals surface area contributed by atoms with E-state index in [9.17, 15) is 9.18 Å². The normalized spacial score (nSPS) is 12.2. The second-order valence-electron chi connectivity index (χ2n) is 3.63. The van der Waals surface area contributed by atoms with Crippen LogP contribution >= 0.6 is 0 Å². The quantitative estimate of drug-likeness (QED) is 0.831. The highest BCUT2D eigenvalue weighted by molar-refractivity contribution is 5.91. The molecule has 0 spiro atoms. The summed E-state index contributed by atoms with van der Waals surface area (Å²) < 4.78 is 23.6. The maximum atomic E-state index is 13.3. The van der Waals surface area contributed by atoms with Crippen LogP contribution in [0.3, 0.4) is 0 Å². The molecule has 0 aromatic heterocycles. The zero-order valence-electron chi connectivity index (χ0n) is 9.77. The summed E-state index contributed by atoms with van der Waals surface area (Å²) in [6, 6.07) is 3.95. The summed E-state index contributed by atoms with van der Waals surface area (Å²) in [5.41, 5.74) is -0.434. The number of aromatic carboxylic acids is 1. The molecule has 17 heavy (non-hydrogen) atoms. The fourth-order valence-corrected chi connectivity index (χ4v) is 1.37. The van der Waals surface area contributed by atoms with Gasteiger partial charge in [0.2, 0.25) is 0 Å². The van der Waals surface area contributed by atoms with Gasteiger partial charge in [-0.05, 0) is 19.1 Å². The first kappa shape index (κ1) is 13.4. The van der Waals surface area contributed by atoms with Crippen LogP contribution < -0.4 is 4.74 Å². The lowest BCUT2D eigenvalue weighted by atomic mass is 10.2. The Bertz CT molecular complexity index is 392. The molecular formula is C12H15FO4. The predicted octanol–water partition coefficient (Wildman–Crippen LogP) is 2.33. The lowest BCUT2D eigenvalue weighted by molar-refractivity contribution is 0.0682. The van der Waals surface area contributed by atoms with E-state index in [1.165, 1.54) is 12.1 Å². The van der Waals surface area contributed by atoms with E-state index in [0.717, 1.165) is 6.07 Å². The molecule has 0 aliphatic rings. The maximum Gasteiger partial charge on any atom is 0.342 e. The summed E-state index contributed by atoms with van der Waals surface area (Å²) in [7, 11) is 1.57. The molecule has 1 N–H and O–H groups in total. The maximum absolute atomic E-state index is 13.3. The molecule has 0 saturated heterocycles. The van der Waals surface area contributed by atoms with E-state index in [0.29, 0.717) is 13.0 Å². The van der Waals surface area contributed by atoms with Gasteiger partial charge in [0.05, 0.1) is 6.10 Å². The highest BCUT2D eigenvalue weighted by Gasteiger charge is 2.18. The molecule has 0 saturated carbocycles. The molecule has 5 heteroatoms. The van der Waals surface area contributed by atoms with Crippen molar-refractivity contribution < 1.29 is 23.8 Å². The lowest BCUT2D eigenvalue weighted by Crippen LogP contribution is -2.16. The molecule has 0 fully saturated rings. The van der Waals surface area contributed by atoms with E-state index in [2.05, 4.69) is 0 Å². The third-order valence-electron chi connectivity index (χ3n) is 2.25. The van der Waals surface area contributed by atoms with Gasteiger partial charge in [-0.25, -0.2) is 9.18 Å². The Morgan fingerprint density at radius 3 is 2.82 bits per heavy atom. The zero-order valence-corrected chi connectivity index (χ0v) is 9.77. The van der Waals surface area contributed by atoms with E-state index >= 15 is 0 Å². The number of benzene rings is 1. The Balaban J connectivity index is 2.83. The molecule has 1 unspecified atom stereocenters.